The Labute approximate surface area is 88.3 Å². The molecule has 0 unspecified atom stereocenters. The topological polar surface area (TPSA) is 65.8 Å². The van der Waals surface area contributed by atoms with Crippen LogP contribution in [0, 0.1) is 0 Å². The van der Waals surface area contributed by atoms with E-state index in [1.807, 2.05) is 0 Å². The van der Waals surface area contributed by atoms with E-state index in [2.05, 4.69) is 10.0 Å². The summed E-state index contributed by atoms with van der Waals surface area (Å²) in [4.78, 5) is 13.6. The van der Waals surface area contributed by atoms with Gasteiger partial charge in [-0.05, 0) is 11.6 Å². The van der Waals surface area contributed by atoms with Gasteiger partial charge in [-0.3, -0.25) is 4.79 Å². The number of benzene rings is 1. The Morgan fingerprint density at radius 1 is 1.38 bits per heavy atom. The molecular weight excluding hydrogens is 223 g/mol. The Hall–Kier alpha value is -2.01. The number of hydrogen-bond donors (Lipinski definition) is 0. The van der Waals surface area contributed by atoms with E-state index in [9.17, 15) is 18.0 Å². The summed E-state index contributed by atoms with van der Waals surface area (Å²) in [6, 6.07) is 4.37. The molecule has 0 N–H and O–H groups in total. The lowest BCUT2D eigenvalue weighted by Crippen LogP contribution is -2.14. The largest absolute Gasteiger partial charge is 0.417 e. The van der Waals surface area contributed by atoms with Gasteiger partial charge >= 0.3 is 6.18 Å². The lowest BCUT2D eigenvalue weighted by atomic mass is 10.0. The standard InChI is InChI=1S/C9H6F3N3O/c10-9(11,12)7-4-2-1-3-6(7)8(16)5-14-15-13/h1-4H,5H2. The van der Waals surface area contributed by atoms with E-state index in [-0.39, 0.29) is 0 Å². The molecule has 0 amide bonds. The number of hydrogen-bond acceptors (Lipinski definition) is 2. The molecule has 1 aromatic rings. The average Bonchev–Trinajstić information content (AvgIpc) is 2.24. The molecule has 0 heterocycles. The van der Waals surface area contributed by atoms with Crippen LogP contribution >= 0.6 is 0 Å². The Morgan fingerprint density at radius 3 is 2.56 bits per heavy atom. The van der Waals surface area contributed by atoms with Gasteiger partial charge in [0.2, 0.25) is 0 Å². The molecule has 0 aliphatic rings. The highest BCUT2D eigenvalue weighted by Crippen LogP contribution is 2.31. The van der Waals surface area contributed by atoms with Crippen molar-refractivity contribution in [2.75, 3.05) is 6.54 Å². The van der Waals surface area contributed by atoms with Gasteiger partial charge in [-0.1, -0.05) is 23.3 Å². The number of rotatable bonds is 3. The number of carbonyl (C=O) groups is 1. The maximum Gasteiger partial charge on any atom is 0.417 e. The third-order valence-corrected chi connectivity index (χ3v) is 1.81. The van der Waals surface area contributed by atoms with Crippen molar-refractivity contribution in [3.8, 4) is 0 Å². The number of nitrogens with zero attached hydrogens (tertiary/aromatic N) is 3. The van der Waals surface area contributed by atoms with Crippen LogP contribution in [0.2, 0.25) is 0 Å². The van der Waals surface area contributed by atoms with Crippen LogP contribution in [-0.2, 0) is 6.18 Å². The first kappa shape index (κ1) is 12.1. The number of azide groups is 1. The van der Waals surface area contributed by atoms with Crippen molar-refractivity contribution >= 4 is 5.78 Å². The first-order valence-electron chi connectivity index (χ1n) is 4.17. The van der Waals surface area contributed by atoms with E-state index in [0.717, 1.165) is 12.1 Å². The van der Waals surface area contributed by atoms with E-state index in [1.165, 1.54) is 12.1 Å². The Bertz CT molecular complexity index is 450. The zero-order valence-electron chi connectivity index (χ0n) is 7.90. The van der Waals surface area contributed by atoms with Crippen LogP contribution in [0.25, 0.3) is 10.4 Å². The fraction of sp³-hybridized carbons (Fsp3) is 0.222. The highest BCUT2D eigenvalue weighted by molar-refractivity contribution is 5.99. The molecule has 7 heteroatoms. The van der Waals surface area contributed by atoms with Gasteiger partial charge in [0.05, 0.1) is 12.1 Å². The van der Waals surface area contributed by atoms with Crippen LogP contribution in [0.15, 0.2) is 29.4 Å². The van der Waals surface area contributed by atoms with E-state index in [4.69, 9.17) is 5.53 Å². The molecular formula is C9H6F3N3O. The van der Waals surface area contributed by atoms with Gasteiger partial charge in [-0.25, -0.2) is 0 Å². The molecule has 0 saturated heterocycles. The molecule has 0 atom stereocenters. The first-order chi connectivity index (χ1) is 7.46. The second kappa shape index (κ2) is 4.67. The van der Waals surface area contributed by atoms with Gasteiger partial charge in [0, 0.05) is 10.5 Å². The SMILES string of the molecule is [N-]=[N+]=NCC(=O)c1ccccc1C(F)(F)F. The zero-order valence-corrected chi connectivity index (χ0v) is 7.90. The fourth-order valence-electron chi connectivity index (χ4n) is 1.15. The highest BCUT2D eigenvalue weighted by atomic mass is 19.4. The van der Waals surface area contributed by atoms with E-state index in [0.29, 0.717) is 0 Å². The van der Waals surface area contributed by atoms with E-state index in [1.54, 1.807) is 0 Å². The van der Waals surface area contributed by atoms with Crippen molar-refractivity contribution in [2.24, 2.45) is 5.11 Å². The minimum atomic E-state index is -4.59. The molecule has 0 saturated carbocycles. The van der Waals surface area contributed by atoms with Crippen LogP contribution in [0.4, 0.5) is 13.2 Å². The molecule has 0 bridgehead atoms. The molecule has 0 fully saturated rings. The molecule has 0 radical (unpaired) electrons. The lowest BCUT2D eigenvalue weighted by Gasteiger charge is -2.10. The smallest absolute Gasteiger partial charge is 0.294 e. The molecule has 0 aromatic heterocycles. The minimum absolute atomic E-state index is 0.484. The lowest BCUT2D eigenvalue weighted by molar-refractivity contribution is -0.137. The van der Waals surface area contributed by atoms with Crippen LogP contribution in [0.1, 0.15) is 15.9 Å². The third kappa shape index (κ3) is 2.74. The van der Waals surface area contributed by atoms with Crippen molar-refractivity contribution in [3.63, 3.8) is 0 Å². The summed E-state index contributed by atoms with van der Waals surface area (Å²) in [5.41, 5.74) is 6.47. The summed E-state index contributed by atoms with van der Waals surface area (Å²) in [6.45, 7) is -0.621. The molecule has 1 aromatic carbocycles. The van der Waals surface area contributed by atoms with Gasteiger partial charge in [0.25, 0.3) is 0 Å². The van der Waals surface area contributed by atoms with Gasteiger partial charge in [0.1, 0.15) is 0 Å². The van der Waals surface area contributed by atoms with Gasteiger partial charge < -0.3 is 0 Å². The summed E-state index contributed by atoms with van der Waals surface area (Å²) in [5.74, 6) is -0.856. The molecule has 1 rings (SSSR count). The first-order valence-corrected chi connectivity index (χ1v) is 4.17. The monoisotopic (exact) mass is 229 g/mol. The molecule has 84 valence electrons. The van der Waals surface area contributed by atoms with Gasteiger partial charge in [-0.15, -0.1) is 0 Å². The molecule has 0 aliphatic heterocycles. The maximum atomic E-state index is 12.5. The van der Waals surface area contributed by atoms with Crippen LogP contribution in [-0.4, -0.2) is 12.3 Å². The Kier molecular flexibility index (Phi) is 3.52. The van der Waals surface area contributed by atoms with Crippen molar-refractivity contribution in [3.05, 3.63) is 45.8 Å². The fourth-order valence-corrected chi connectivity index (χ4v) is 1.15. The number of ketones is 1. The summed E-state index contributed by atoms with van der Waals surface area (Å²) >= 11 is 0. The van der Waals surface area contributed by atoms with Crippen molar-refractivity contribution in [1.29, 1.82) is 0 Å². The Morgan fingerprint density at radius 2 is 2.00 bits per heavy atom. The predicted molar refractivity (Wildman–Crippen MR) is 49.8 cm³/mol. The van der Waals surface area contributed by atoms with Crippen LogP contribution in [0.3, 0.4) is 0 Å². The minimum Gasteiger partial charge on any atom is -0.294 e. The number of halogens is 3. The molecule has 16 heavy (non-hydrogen) atoms. The normalized spacial score (nSPS) is 10.7. The van der Waals surface area contributed by atoms with Crippen molar-refractivity contribution in [2.45, 2.75) is 6.18 Å². The Balaban J connectivity index is 3.13. The van der Waals surface area contributed by atoms with Gasteiger partial charge in [-0.2, -0.15) is 13.2 Å². The molecule has 0 aliphatic carbocycles. The quantitative estimate of drug-likeness (QED) is 0.339. The summed E-state index contributed by atoms with van der Waals surface area (Å²) in [6.07, 6.45) is -4.59. The summed E-state index contributed by atoms with van der Waals surface area (Å²) in [5, 5.41) is 2.93. The van der Waals surface area contributed by atoms with E-state index >= 15 is 0 Å². The zero-order chi connectivity index (χ0) is 12.2. The number of carbonyl (C=O) groups excluding carboxylic acids is 1. The average molecular weight is 229 g/mol. The second-order valence-electron chi connectivity index (χ2n) is 2.86. The van der Waals surface area contributed by atoms with Gasteiger partial charge in [0.15, 0.2) is 5.78 Å². The van der Waals surface area contributed by atoms with Crippen molar-refractivity contribution in [1.82, 2.24) is 0 Å². The molecule has 4 nitrogen and oxygen atoms in total. The van der Waals surface area contributed by atoms with E-state index < -0.39 is 29.6 Å². The predicted octanol–water partition coefficient (Wildman–Crippen LogP) is 3.20. The second-order valence-corrected chi connectivity index (χ2v) is 2.86. The number of alkyl halides is 3. The van der Waals surface area contributed by atoms with Crippen LogP contribution < -0.4 is 0 Å². The maximum absolute atomic E-state index is 12.5. The highest BCUT2D eigenvalue weighted by Gasteiger charge is 2.34. The summed E-state index contributed by atoms with van der Waals surface area (Å²) < 4.78 is 37.4. The molecule has 0 spiro atoms. The third-order valence-electron chi connectivity index (χ3n) is 1.81. The van der Waals surface area contributed by atoms with Crippen molar-refractivity contribution < 1.29 is 18.0 Å². The summed E-state index contributed by atoms with van der Waals surface area (Å²) in [7, 11) is 0. The number of Topliss-reactive ketones (excluding diaryl/α,β-unsaturated/α-hetero) is 1. The van der Waals surface area contributed by atoms with Crippen LogP contribution in [0.5, 0.6) is 0 Å².